The van der Waals surface area contributed by atoms with E-state index < -0.39 is 11.6 Å². The molecule has 1 heterocycles. The smallest absolute Gasteiger partial charge is 0.319 e. The van der Waals surface area contributed by atoms with E-state index in [9.17, 15) is 13.2 Å². The zero-order chi connectivity index (χ0) is 10.1. The summed E-state index contributed by atoms with van der Waals surface area (Å²) >= 11 is 0. The van der Waals surface area contributed by atoms with Gasteiger partial charge >= 0.3 is 6.18 Å². The highest BCUT2D eigenvalue weighted by atomic mass is 19.4. The Morgan fingerprint density at radius 3 is 2.38 bits per heavy atom. The zero-order valence-corrected chi connectivity index (χ0v) is 7.91. The van der Waals surface area contributed by atoms with Crippen LogP contribution in [0, 0.1) is 5.41 Å². The van der Waals surface area contributed by atoms with E-state index in [-0.39, 0.29) is 19.5 Å². The molecule has 1 fully saturated rings. The van der Waals surface area contributed by atoms with Gasteiger partial charge in [0.2, 0.25) is 0 Å². The van der Waals surface area contributed by atoms with Crippen LogP contribution in [-0.2, 0) is 0 Å². The van der Waals surface area contributed by atoms with Crippen molar-refractivity contribution in [3.63, 3.8) is 0 Å². The molecule has 13 heavy (non-hydrogen) atoms. The quantitative estimate of drug-likeness (QED) is 0.711. The average molecular weight is 196 g/mol. The van der Waals surface area contributed by atoms with Crippen molar-refractivity contribution >= 4 is 0 Å². The first-order valence-corrected chi connectivity index (χ1v) is 4.31. The van der Waals surface area contributed by atoms with Gasteiger partial charge in [0.25, 0.3) is 0 Å². The summed E-state index contributed by atoms with van der Waals surface area (Å²) in [6, 6.07) is 0. The lowest BCUT2D eigenvalue weighted by Gasteiger charge is -2.31. The van der Waals surface area contributed by atoms with Gasteiger partial charge in [0.15, 0.2) is 0 Å². The van der Waals surface area contributed by atoms with Crippen LogP contribution in [0.2, 0.25) is 0 Å². The van der Waals surface area contributed by atoms with Crippen LogP contribution >= 0.6 is 0 Å². The number of alkyl halides is 3. The van der Waals surface area contributed by atoms with E-state index in [0.29, 0.717) is 6.54 Å². The fourth-order valence-electron chi connectivity index (χ4n) is 1.89. The molecule has 1 unspecified atom stereocenters. The van der Waals surface area contributed by atoms with Crippen molar-refractivity contribution in [2.75, 3.05) is 33.7 Å². The minimum Gasteiger partial charge on any atom is -0.319 e. The van der Waals surface area contributed by atoms with E-state index in [0.717, 1.165) is 0 Å². The molecule has 0 aromatic carbocycles. The highest BCUT2D eigenvalue weighted by molar-refractivity contribution is 4.95. The van der Waals surface area contributed by atoms with E-state index in [4.69, 9.17) is 0 Å². The molecular weight excluding hydrogens is 181 g/mol. The second-order valence-electron chi connectivity index (χ2n) is 3.80. The summed E-state index contributed by atoms with van der Waals surface area (Å²) in [6.45, 7) is 0.652. The van der Waals surface area contributed by atoms with Gasteiger partial charge in [-0.25, -0.2) is 0 Å². The van der Waals surface area contributed by atoms with Crippen molar-refractivity contribution < 1.29 is 13.2 Å². The summed E-state index contributed by atoms with van der Waals surface area (Å²) in [5, 5.41) is 2.63. The highest BCUT2D eigenvalue weighted by Gasteiger charge is 2.56. The number of rotatable bonds is 2. The highest BCUT2D eigenvalue weighted by Crippen LogP contribution is 2.44. The number of hydrogen-bond donors (Lipinski definition) is 1. The molecular formula is C8H15F3N2. The number of hydrogen-bond acceptors (Lipinski definition) is 2. The van der Waals surface area contributed by atoms with Gasteiger partial charge in [-0.3, -0.25) is 0 Å². The van der Waals surface area contributed by atoms with Gasteiger partial charge in [0.1, 0.15) is 0 Å². The molecule has 0 spiro atoms. The molecule has 78 valence electrons. The number of halogens is 3. The van der Waals surface area contributed by atoms with Gasteiger partial charge in [-0.05, 0) is 27.1 Å². The Morgan fingerprint density at radius 1 is 1.46 bits per heavy atom. The minimum absolute atomic E-state index is 0.0147. The van der Waals surface area contributed by atoms with Crippen molar-refractivity contribution in [3.05, 3.63) is 0 Å². The van der Waals surface area contributed by atoms with E-state index >= 15 is 0 Å². The van der Waals surface area contributed by atoms with Crippen LogP contribution in [0.25, 0.3) is 0 Å². The molecule has 1 aliphatic rings. The van der Waals surface area contributed by atoms with E-state index in [1.54, 1.807) is 19.0 Å². The maximum absolute atomic E-state index is 12.7. The van der Waals surface area contributed by atoms with E-state index in [1.165, 1.54) is 0 Å². The van der Waals surface area contributed by atoms with Crippen molar-refractivity contribution in [1.82, 2.24) is 10.2 Å². The van der Waals surface area contributed by atoms with E-state index in [2.05, 4.69) is 5.32 Å². The van der Waals surface area contributed by atoms with Crippen LogP contribution in [0.15, 0.2) is 0 Å². The summed E-state index contributed by atoms with van der Waals surface area (Å²) in [4.78, 5) is 1.73. The Hall–Kier alpha value is -0.290. The first kappa shape index (κ1) is 10.8. The molecule has 2 nitrogen and oxygen atoms in total. The third-order valence-corrected chi connectivity index (χ3v) is 2.66. The largest absolute Gasteiger partial charge is 0.396 e. The molecule has 0 amide bonds. The first-order valence-electron chi connectivity index (χ1n) is 4.31. The Balaban J connectivity index is 2.77. The Labute approximate surface area is 76.1 Å². The van der Waals surface area contributed by atoms with Crippen molar-refractivity contribution in [2.24, 2.45) is 5.41 Å². The van der Waals surface area contributed by atoms with Crippen LogP contribution in [0.5, 0.6) is 0 Å². The van der Waals surface area contributed by atoms with E-state index in [1.807, 2.05) is 0 Å². The third-order valence-electron chi connectivity index (χ3n) is 2.66. The molecule has 1 N–H and O–H groups in total. The predicted octanol–water partition coefficient (Wildman–Crippen LogP) is 1.09. The fraction of sp³-hybridized carbons (Fsp3) is 1.00. The van der Waals surface area contributed by atoms with Crippen LogP contribution < -0.4 is 5.32 Å². The number of nitrogens with zero attached hydrogens (tertiary/aromatic N) is 1. The standard InChI is InChI=1S/C8H15F3N2/c1-12-5-7(8(9,10)11)3-4-13(2)6-7/h12H,3-6H2,1-2H3. The summed E-state index contributed by atoms with van der Waals surface area (Å²) in [6.07, 6.45) is -3.89. The average Bonchev–Trinajstić information content (AvgIpc) is 2.32. The molecule has 0 radical (unpaired) electrons. The van der Waals surface area contributed by atoms with Crippen LogP contribution in [0.3, 0.4) is 0 Å². The molecule has 1 saturated heterocycles. The van der Waals surface area contributed by atoms with Gasteiger partial charge in [0.05, 0.1) is 5.41 Å². The SMILES string of the molecule is CNCC1(C(F)(F)F)CCN(C)C1. The molecule has 0 aliphatic carbocycles. The van der Waals surface area contributed by atoms with Crippen LogP contribution in [0.1, 0.15) is 6.42 Å². The van der Waals surface area contributed by atoms with Crippen LogP contribution in [0.4, 0.5) is 13.2 Å². The van der Waals surface area contributed by atoms with Gasteiger partial charge in [-0.2, -0.15) is 13.2 Å². The topological polar surface area (TPSA) is 15.3 Å². The molecule has 1 aliphatic heterocycles. The maximum Gasteiger partial charge on any atom is 0.396 e. The van der Waals surface area contributed by atoms with Gasteiger partial charge < -0.3 is 10.2 Å². The summed E-state index contributed by atoms with van der Waals surface area (Å²) < 4.78 is 38.1. The predicted molar refractivity (Wildman–Crippen MR) is 44.5 cm³/mol. The maximum atomic E-state index is 12.7. The second-order valence-corrected chi connectivity index (χ2v) is 3.80. The first-order chi connectivity index (χ1) is 5.91. The minimum atomic E-state index is -4.10. The van der Waals surface area contributed by atoms with Crippen molar-refractivity contribution in [3.8, 4) is 0 Å². The summed E-state index contributed by atoms with van der Waals surface area (Å²) in [5.41, 5.74) is -1.53. The molecule has 0 bridgehead atoms. The van der Waals surface area contributed by atoms with Gasteiger partial charge in [0, 0.05) is 13.1 Å². The summed E-state index contributed by atoms with van der Waals surface area (Å²) in [7, 11) is 3.29. The summed E-state index contributed by atoms with van der Waals surface area (Å²) in [5.74, 6) is 0. The van der Waals surface area contributed by atoms with Gasteiger partial charge in [-0.1, -0.05) is 0 Å². The molecule has 0 aromatic rings. The monoisotopic (exact) mass is 196 g/mol. The Kier molecular flexibility index (Phi) is 2.87. The van der Waals surface area contributed by atoms with Crippen molar-refractivity contribution in [1.29, 1.82) is 0 Å². The van der Waals surface area contributed by atoms with Crippen molar-refractivity contribution in [2.45, 2.75) is 12.6 Å². The third kappa shape index (κ3) is 1.96. The van der Waals surface area contributed by atoms with Crippen LogP contribution in [-0.4, -0.2) is 44.8 Å². The molecule has 0 aromatic heterocycles. The zero-order valence-electron chi connectivity index (χ0n) is 7.91. The number of likely N-dealkylation sites (tertiary alicyclic amines) is 1. The normalized spacial score (nSPS) is 31.2. The Bertz CT molecular complexity index is 177. The van der Waals surface area contributed by atoms with Gasteiger partial charge in [-0.15, -0.1) is 0 Å². The molecule has 5 heteroatoms. The number of nitrogens with one attached hydrogen (secondary N) is 1. The Morgan fingerprint density at radius 2 is 2.08 bits per heavy atom. The molecule has 1 rings (SSSR count). The lowest BCUT2D eigenvalue weighted by molar-refractivity contribution is -0.217. The molecule has 0 saturated carbocycles. The molecule has 1 atom stereocenters. The fourth-order valence-corrected chi connectivity index (χ4v) is 1.89. The lowest BCUT2D eigenvalue weighted by Crippen LogP contribution is -2.46. The second kappa shape index (κ2) is 3.46. The lowest BCUT2D eigenvalue weighted by atomic mass is 9.86.